The van der Waals surface area contributed by atoms with Crippen molar-refractivity contribution in [3.8, 4) is 0 Å². The van der Waals surface area contributed by atoms with E-state index in [1.54, 1.807) is 21.3 Å². The lowest BCUT2D eigenvalue weighted by Gasteiger charge is -2.27. The second-order valence-electron chi connectivity index (χ2n) is 15.0. The van der Waals surface area contributed by atoms with Crippen molar-refractivity contribution in [3.05, 3.63) is 0 Å². The summed E-state index contributed by atoms with van der Waals surface area (Å²) >= 11 is 5.71. The molecule has 0 heterocycles. The van der Waals surface area contributed by atoms with Crippen molar-refractivity contribution >= 4 is 29.0 Å². The van der Waals surface area contributed by atoms with Gasteiger partial charge in [0.2, 0.25) is 0 Å². The first-order valence-electron chi connectivity index (χ1n) is 22.0. The fourth-order valence-corrected chi connectivity index (χ4v) is 11.9. The molecule has 0 amide bonds. The largest absolute Gasteiger partial charge is 0.500 e. The highest BCUT2D eigenvalue weighted by Crippen LogP contribution is 2.25. The number of halogens is 1. The molecule has 314 valence electrons. The number of hydrogen-bond acceptors (Lipinski definition) is 7. The van der Waals surface area contributed by atoms with Crippen LogP contribution in [0.4, 0.5) is 0 Å². The predicted octanol–water partition coefficient (Wildman–Crippen LogP) is 13.2. The van der Waals surface area contributed by atoms with Gasteiger partial charge in [0.05, 0.1) is 0 Å². The minimum absolute atomic E-state index is 0.792. The Hall–Kier alpha value is 0.444. The molecule has 0 aromatic carbocycles. The first-order valence-corrected chi connectivity index (χ1v) is 26.7. The molecule has 52 heavy (non-hydrogen) atoms. The Kier molecular flexibility index (Phi) is 41.4. The number of alkyl halides is 1. The monoisotopic (exact) mass is 797 g/mol. The van der Waals surface area contributed by atoms with Crippen molar-refractivity contribution in [1.82, 2.24) is 0 Å². The van der Waals surface area contributed by atoms with Crippen LogP contribution in [0.1, 0.15) is 186 Å². The van der Waals surface area contributed by atoms with Crippen LogP contribution in [0, 0.1) is 0 Å². The molecular formula is C42H89ClO7Si2. The normalized spacial score (nSPS) is 12.3. The molecule has 0 unspecified atom stereocenters. The van der Waals surface area contributed by atoms with Crippen LogP contribution in [-0.2, 0) is 31.6 Å². The van der Waals surface area contributed by atoms with E-state index in [4.69, 9.17) is 43.2 Å². The van der Waals surface area contributed by atoms with Gasteiger partial charge in [-0.25, -0.2) is 0 Å². The molecule has 0 N–H and O–H groups in total. The van der Waals surface area contributed by atoms with E-state index in [2.05, 4.69) is 0 Å². The topological polar surface area (TPSA) is 64.6 Å². The molecule has 0 aliphatic rings. The first kappa shape index (κ1) is 52.4. The molecular weight excluding hydrogens is 708 g/mol. The molecule has 0 bridgehead atoms. The van der Waals surface area contributed by atoms with Crippen LogP contribution in [0.2, 0.25) is 18.1 Å². The summed E-state index contributed by atoms with van der Waals surface area (Å²) in [7, 11) is 4.43. The summed E-state index contributed by atoms with van der Waals surface area (Å²) in [6.07, 6.45) is 37.3. The van der Waals surface area contributed by atoms with Crippen molar-refractivity contribution in [2.75, 3.05) is 67.9 Å². The molecule has 0 atom stereocenters. The molecule has 0 fully saturated rings. The maximum Gasteiger partial charge on any atom is 0.500 e. The third-order valence-corrected chi connectivity index (χ3v) is 17.6. The summed E-state index contributed by atoms with van der Waals surface area (Å²) < 4.78 is 40.3. The molecule has 7 nitrogen and oxygen atoms in total. The van der Waals surface area contributed by atoms with Gasteiger partial charge in [-0.05, 0) is 50.6 Å². The standard InChI is InChI=1S/C42H89ClO7Si2/c1-44-51(45-2,41-33-25-17-11-12-18-26-34-42-52(46-3,47-4)48-5)40-32-24-16-10-6-7-13-20-28-36-49-37-29-21-14-8-9-15-22-30-38-50-39-31-23-19-27-35-43/h6-42H2,1-5H3. The molecule has 10 heteroatoms. The Bertz CT molecular complexity index is 678. The number of ether oxygens (including phenoxy) is 2. The lowest BCUT2D eigenvalue weighted by Crippen LogP contribution is -2.42. The van der Waals surface area contributed by atoms with Gasteiger partial charge in [0.25, 0.3) is 0 Å². The molecule has 0 aromatic heterocycles. The minimum atomic E-state index is -2.39. The van der Waals surface area contributed by atoms with Gasteiger partial charge in [0.1, 0.15) is 0 Å². The average Bonchev–Trinajstić information content (AvgIpc) is 3.17. The van der Waals surface area contributed by atoms with Gasteiger partial charge in [-0.3, -0.25) is 0 Å². The minimum Gasteiger partial charge on any atom is -0.398 e. The Labute approximate surface area is 331 Å². The Morgan fingerprint density at radius 2 is 0.538 bits per heavy atom. The average molecular weight is 798 g/mol. The van der Waals surface area contributed by atoms with Crippen LogP contribution in [0.3, 0.4) is 0 Å². The van der Waals surface area contributed by atoms with E-state index in [1.807, 2.05) is 14.2 Å². The number of hydrogen-bond donors (Lipinski definition) is 0. The van der Waals surface area contributed by atoms with Gasteiger partial charge in [-0.1, -0.05) is 148 Å². The highest BCUT2D eigenvalue weighted by atomic mass is 35.5. The number of unbranched alkanes of at least 4 members (excludes halogenated alkanes) is 25. The van der Waals surface area contributed by atoms with E-state index in [9.17, 15) is 0 Å². The van der Waals surface area contributed by atoms with Crippen molar-refractivity contribution in [2.45, 2.75) is 204 Å². The zero-order valence-corrected chi connectivity index (χ0v) is 38.2. The van der Waals surface area contributed by atoms with E-state index in [0.29, 0.717) is 0 Å². The lowest BCUT2D eigenvalue weighted by molar-refractivity contribution is 0.122. The van der Waals surface area contributed by atoms with Gasteiger partial charge in [0, 0.05) is 73.9 Å². The highest BCUT2D eigenvalue weighted by molar-refractivity contribution is 6.67. The van der Waals surface area contributed by atoms with Crippen molar-refractivity contribution in [1.29, 1.82) is 0 Å². The number of rotatable bonds is 45. The van der Waals surface area contributed by atoms with Crippen molar-refractivity contribution in [3.63, 3.8) is 0 Å². The van der Waals surface area contributed by atoms with Crippen LogP contribution in [0.25, 0.3) is 0 Å². The highest BCUT2D eigenvalue weighted by Gasteiger charge is 2.36. The molecule has 0 spiro atoms. The Morgan fingerprint density at radius 3 is 0.808 bits per heavy atom. The molecule has 0 saturated heterocycles. The first-order chi connectivity index (χ1) is 25.6. The predicted molar refractivity (Wildman–Crippen MR) is 227 cm³/mol. The molecule has 0 radical (unpaired) electrons. The Morgan fingerprint density at radius 1 is 0.288 bits per heavy atom. The van der Waals surface area contributed by atoms with Crippen LogP contribution in [0.5, 0.6) is 0 Å². The second kappa shape index (κ2) is 41.1. The van der Waals surface area contributed by atoms with Crippen molar-refractivity contribution < 1.29 is 31.6 Å². The smallest absolute Gasteiger partial charge is 0.398 e. The SMILES string of the molecule is CO[Si](CCCCCCCCCCCOCCCCCCCCCCOCCCCCCCl)(CCCCCCCCCC[Si](OC)(OC)OC)OC. The van der Waals surface area contributed by atoms with Gasteiger partial charge >= 0.3 is 17.4 Å². The van der Waals surface area contributed by atoms with Gasteiger partial charge < -0.3 is 31.6 Å². The summed E-state index contributed by atoms with van der Waals surface area (Å²) in [6, 6.07) is 3.18. The molecule has 0 aliphatic heterocycles. The van der Waals surface area contributed by atoms with E-state index >= 15 is 0 Å². The zero-order chi connectivity index (χ0) is 38.1. The van der Waals surface area contributed by atoms with Gasteiger partial charge in [0.15, 0.2) is 0 Å². The molecule has 0 rings (SSSR count). The fraction of sp³-hybridized carbons (Fsp3) is 1.00. The maximum atomic E-state index is 6.05. The second-order valence-corrected chi connectivity index (χ2v) is 22.1. The quantitative estimate of drug-likeness (QED) is 0.0345. The van der Waals surface area contributed by atoms with Crippen LogP contribution in [0.15, 0.2) is 0 Å². The summed E-state index contributed by atoms with van der Waals surface area (Å²) in [5.74, 6) is 0.792. The van der Waals surface area contributed by atoms with Crippen molar-refractivity contribution in [2.24, 2.45) is 0 Å². The van der Waals surface area contributed by atoms with Crippen LogP contribution >= 0.6 is 11.6 Å². The third-order valence-electron chi connectivity index (χ3n) is 10.8. The molecule has 0 aromatic rings. The summed E-state index contributed by atoms with van der Waals surface area (Å²) in [5, 5.41) is 0. The summed E-state index contributed by atoms with van der Waals surface area (Å²) in [6.45, 7) is 3.76. The maximum absolute atomic E-state index is 6.05. The van der Waals surface area contributed by atoms with E-state index in [-0.39, 0.29) is 0 Å². The zero-order valence-electron chi connectivity index (χ0n) is 35.4. The van der Waals surface area contributed by atoms with Gasteiger partial charge in [-0.2, -0.15) is 0 Å². The van der Waals surface area contributed by atoms with E-state index in [1.165, 1.54) is 173 Å². The third kappa shape index (κ3) is 32.7. The summed E-state index contributed by atoms with van der Waals surface area (Å²) in [4.78, 5) is 0. The molecule has 0 saturated carbocycles. The van der Waals surface area contributed by atoms with E-state index < -0.39 is 17.4 Å². The fourth-order valence-electron chi connectivity index (χ4n) is 7.13. The van der Waals surface area contributed by atoms with E-state index in [0.717, 1.165) is 63.3 Å². The Balaban J connectivity index is 3.47. The van der Waals surface area contributed by atoms with Crippen LogP contribution < -0.4 is 0 Å². The van der Waals surface area contributed by atoms with Crippen LogP contribution in [-0.4, -0.2) is 85.2 Å². The lowest BCUT2D eigenvalue weighted by atomic mass is 10.1. The van der Waals surface area contributed by atoms with Gasteiger partial charge in [-0.15, -0.1) is 11.6 Å². The summed E-state index contributed by atoms with van der Waals surface area (Å²) in [5.41, 5.74) is 0. The molecule has 0 aliphatic carbocycles.